The van der Waals surface area contributed by atoms with E-state index in [0.717, 1.165) is 10.9 Å². The Kier molecular flexibility index (Phi) is 4.41. The molecule has 1 aromatic heterocycles. The van der Waals surface area contributed by atoms with Crippen molar-refractivity contribution in [3.05, 3.63) is 65.9 Å². The predicted octanol–water partition coefficient (Wildman–Crippen LogP) is 4.14. The molecule has 0 aliphatic rings. The lowest BCUT2D eigenvalue weighted by Gasteiger charge is -2.09. The van der Waals surface area contributed by atoms with Crippen LogP contribution >= 0.6 is 0 Å². The standard InChI is InChI=1S/C17H14N2O2.CH4/c1-11-4-2-6-13(10-11)19-17(21)14-8-7-12-5-3-9-18-15(12)16(14)20;/h2-10,20H,1H3,(H,19,21);1H4. The molecular weight excluding hydrogens is 276 g/mol. The molecule has 22 heavy (non-hydrogen) atoms. The van der Waals surface area contributed by atoms with E-state index in [0.29, 0.717) is 11.2 Å². The normalized spacial score (nSPS) is 10.0. The summed E-state index contributed by atoms with van der Waals surface area (Å²) in [7, 11) is 0. The molecule has 0 saturated carbocycles. The predicted molar refractivity (Wildman–Crippen MR) is 89.3 cm³/mol. The Bertz CT molecular complexity index is 828. The highest BCUT2D eigenvalue weighted by molar-refractivity contribution is 6.09. The van der Waals surface area contributed by atoms with Crippen molar-refractivity contribution in [3.8, 4) is 5.75 Å². The quantitative estimate of drug-likeness (QED) is 0.746. The van der Waals surface area contributed by atoms with Gasteiger partial charge < -0.3 is 10.4 Å². The number of carbonyl (C=O) groups excluding carboxylic acids is 1. The van der Waals surface area contributed by atoms with Crippen LogP contribution in [0.1, 0.15) is 23.3 Å². The number of phenols is 1. The first-order valence-electron chi connectivity index (χ1n) is 6.60. The lowest BCUT2D eigenvalue weighted by atomic mass is 10.1. The van der Waals surface area contributed by atoms with E-state index in [4.69, 9.17) is 0 Å². The molecule has 3 rings (SSSR count). The highest BCUT2D eigenvalue weighted by Crippen LogP contribution is 2.27. The fraction of sp³-hybridized carbons (Fsp3) is 0.111. The molecule has 0 atom stereocenters. The highest BCUT2D eigenvalue weighted by Gasteiger charge is 2.14. The van der Waals surface area contributed by atoms with Crippen LogP contribution in [0, 0.1) is 6.92 Å². The third-order valence-electron chi connectivity index (χ3n) is 3.27. The van der Waals surface area contributed by atoms with Gasteiger partial charge in [-0.15, -0.1) is 0 Å². The number of benzene rings is 2. The summed E-state index contributed by atoms with van der Waals surface area (Å²) in [4.78, 5) is 16.4. The van der Waals surface area contributed by atoms with Crippen molar-refractivity contribution in [2.24, 2.45) is 0 Å². The van der Waals surface area contributed by atoms with Gasteiger partial charge in [-0.1, -0.05) is 31.7 Å². The van der Waals surface area contributed by atoms with Crippen LogP contribution in [0.25, 0.3) is 10.9 Å². The number of hydrogen-bond donors (Lipinski definition) is 2. The minimum Gasteiger partial charge on any atom is -0.505 e. The smallest absolute Gasteiger partial charge is 0.259 e. The summed E-state index contributed by atoms with van der Waals surface area (Å²) in [6, 6.07) is 14.5. The minimum atomic E-state index is -0.356. The zero-order valence-electron chi connectivity index (χ0n) is 11.5. The Labute approximate surface area is 129 Å². The van der Waals surface area contributed by atoms with Gasteiger partial charge in [0.1, 0.15) is 5.52 Å². The van der Waals surface area contributed by atoms with Crippen molar-refractivity contribution in [2.45, 2.75) is 14.4 Å². The maximum absolute atomic E-state index is 12.3. The second-order valence-electron chi connectivity index (χ2n) is 4.86. The van der Waals surface area contributed by atoms with Gasteiger partial charge in [-0.05, 0) is 36.8 Å². The van der Waals surface area contributed by atoms with Gasteiger partial charge in [0.15, 0.2) is 5.75 Å². The Morgan fingerprint density at radius 2 is 1.95 bits per heavy atom. The third-order valence-corrected chi connectivity index (χ3v) is 3.27. The molecule has 0 unspecified atom stereocenters. The van der Waals surface area contributed by atoms with Gasteiger partial charge in [0.25, 0.3) is 5.91 Å². The summed E-state index contributed by atoms with van der Waals surface area (Å²) >= 11 is 0. The first-order chi connectivity index (χ1) is 10.1. The number of aromatic hydroxyl groups is 1. The van der Waals surface area contributed by atoms with Crippen LogP contribution in [0.3, 0.4) is 0 Å². The highest BCUT2D eigenvalue weighted by atomic mass is 16.3. The van der Waals surface area contributed by atoms with E-state index < -0.39 is 0 Å². The molecule has 1 heterocycles. The van der Waals surface area contributed by atoms with E-state index in [1.54, 1.807) is 30.5 Å². The number of nitrogens with one attached hydrogen (secondary N) is 1. The van der Waals surface area contributed by atoms with Gasteiger partial charge in [0.05, 0.1) is 5.56 Å². The zero-order chi connectivity index (χ0) is 14.8. The number of pyridine rings is 1. The number of nitrogens with zero attached hydrogens (tertiary/aromatic N) is 1. The number of amides is 1. The minimum absolute atomic E-state index is 0. The monoisotopic (exact) mass is 294 g/mol. The largest absolute Gasteiger partial charge is 0.505 e. The topological polar surface area (TPSA) is 62.2 Å². The molecule has 2 N–H and O–H groups in total. The van der Waals surface area contributed by atoms with Crippen LogP contribution in [-0.2, 0) is 0 Å². The molecule has 1 amide bonds. The van der Waals surface area contributed by atoms with Gasteiger partial charge in [-0.2, -0.15) is 0 Å². The van der Waals surface area contributed by atoms with Gasteiger partial charge in [-0.25, -0.2) is 0 Å². The second kappa shape index (κ2) is 6.26. The number of carbonyl (C=O) groups is 1. The van der Waals surface area contributed by atoms with Crippen molar-refractivity contribution in [1.82, 2.24) is 4.98 Å². The molecule has 0 spiro atoms. The maximum Gasteiger partial charge on any atom is 0.259 e. The lowest BCUT2D eigenvalue weighted by molar-refractivity contribution is 0.102. The number of fused-ring (bicyclic) bond motifs is 1. The Morgan fingerprint density at radius 1 is 1.14 bits per heavy atom. The summed E-state index contributed by atoms with van der Waals surface area (Å²) in [6.45, 7) is 1.95. The molecule has 112 valence electrons. The molecule has 4 heteroatoms. The SMILES string of the molecule is C.Cc1cccc(NC(=O)c2ccc3cccnc3c2O)c1. The van der Waals surface area contributed by atoms with E-state index in [-0.39, 0.29) is 24.6 Å². The summed E-state index contributed by atoms with van der Waals surface area (Å²) in [5.41, 5.74) is 2.38. The Hall–Kier alpha value is -2.88. The molecule has 0 radical (unpaired) electrons. The summed E-state index contributed by atoms with van der Waals surface area (Å²) in [5.74, 6) is -0.455. The van der Waals surface area contributed by atoms with Crippen molar-refractivity contribution in [1.29, 1.82) is 0 Å². The molecule has 0 saturated heterocycles. The number of phenolic OH excluding ortho intramolecular Hbond substituents is 1. The van der Waals surface area contributed by atoms with Crippen molar-refractivity contribution in [3.63, 3.8) is 0 Å². The van der Waals surface area contributed by atoms with Crippen molar-refractivity contribution < 1.29 is 9.90 Å². The van der Waals surface area contributed by atoms with Gasteiger partial charge >= 0.3 is 0 Å². The molecule has 0 aliphatic carbocycles. The molecule has 0 bridgehead atoms. The number of aryl methyl sites for hydroxylation is 1. The number of hydrogen-bond acceptors (Lipinski definition) is 3. The van der Waals surface area contributed by atoms with Crippen LogP contribution < -0.4 is 5.32 Å². The van der Waals surface area contributed by atoms with Gasteiger partial charge in [0.2, 0.25) is 0 Å². The van der Waals surface area contributed by atoms with E-state index in [1.165, 1.54) is 0 Å². The Morgan fingerprint density at radius 3 is 2.73 bits per heavy atom. The van der Waals surface area contributed by atoms with E-state index >= 15 is 0 Å². The lowest BCUT2D eigenvalue weighted by Crippen LogP contribution is -2.12. The number of anilines is 1. The van der Waals surface area contributed by atoms with Crippen LogP contribution in [0.2, 0.25) is 0 Å². The average Bonchev–Trinajstić information content (AvgIpc) is 2.48. The van der Waals surface area contributed by atoms with Crippen LogP contribution in [0.15, 0.2) is 54.7 Å². The summed E-state index contributed by atoms with van der Waals surface area (Å²) in [6.07, 6.45) is 1.59. The fourth-order valence-electron chi connectivity index (χ4n) is 2.23. The summed E-state index contributed by atoms with van der Waals surface area (Å²) in [5, 5.41) is 13.8. The van der Waals surface area contributed by atoms with E-state index in [1.807, 2.05) is 31.2 Å². The van der Waals surface area contributed by atoms with Gasteiger partial charge in [0, 0.05) is 17.3 Å². The zero-order valence-corrected chi connectivity index (χ0v) is 11.5. The molecule has 3 aromatic rings. The van der Waals surface area contributed by atoms with Crippen molar-refractivity contribution in [2.75, 3.05) is 5.32 Å². The molecule has 0 aliphatic heterocycles. The van der Waals surface area contributed by atoms with E-state index in [9.17, 15) is 9.90 Å². The Balaban J connectivity index is 0.00000176. The first kappa shape index (κ1) is 15.5. The molecule has 4 nitrogen and oxygen atoms in total. The number of rotatable bonds is 2. The van der Waals surface area contributed by atoms with E-state index in [2.05, 4.69) is 10.3 Å². The molecule has 0 fully saturated rings. The molecular formula is C18H18N2O2. The van der Waals surface area contributed by atoms with Crippen molar-refractivity contribution >= 4 is 22.5 Å². The first-order valence-corrected chi connectivity index (χ1v) is 6.60. The average molecular weight is 294 g/mol. The maximum atomic E-state index is 12.3. The second-order valence-corrected chi connectivity index (χ2v) is 4.86. The summed E-state index contributed by atoms with van der Waals surface area (Å²) < 4.78 is 0. The van der Waals surface area contributed by atoms with Crippen LogP contribution in [0.5, 0.6) is 5.75 Å². The fourth-order valence-corrected chi connectivity index (χ4v) is 2.23. The van der Waals surface area contributed by atoms with Crippen LogP contribution in [0.4, 0.5) is 5.69 Å². The third kappa shape index (κ3) is 2.91. The number of aromatic nitrogens is 1. The van der Waals surface area contributed by atoms with Gasteiger partial charge in [-0.3, -0.25) is 9.78 Å². The molecule has 2 aromatic carbocycles. The van der Waals surface area contributed by atoms with Crippen LogP contribution in [-0.4, -0.2) is 16.0 Å².